The summed E-state index contributed by atoms with van der Waals surface area (Å²) in [6, 6.07) is 32.8. The third kappa shape index (κ3) is 4.89. The van der Waals surface area contributed by atoms with Gasteiger partial charge < -0.3 is 19.5 Å². The second-order valence-electron chi connectivity index (χ2n) is 8.81. The van der Waals surface area contributed by atoms with Gasteiger partial charge in [0.15, 0.2) is 6.29 Å². The van der Waals surface area contributed by atoms with Crippen LogP contribution in [-0.2, 0) is 20.8 Å². The Kier molecular flexibility index (Phi) is 7.12. The zero-order valence-electron chi connectivity index (χ0n) is 20.4. The van der Waals surface area contributed by atoms with E-state index in [0.29, 0.717) is 13.2 Å². The summed E-state index contributed by atoms with van der Waals surface area (Å²) in [6.45, 7) is 0.676. The molecular weight excluding hydrogens is 450 g/mol. The summed E-state index contributed by atoms with van der Waals surface area (Å²) in [4.78, 5) is 12.6. The van der Waals surface area contributed by atoms with Crippen molar-refractivity contribution in [3.05, 3.63) is 119 Å². The molecule has 5 nitrogen and oxygen atoms in total. The molecule has 0 radical (unpaired) electrons. The fourth-order valence-corrected chi connectivity index (χ4v) is 4.92. The van der Waals surface area contributed by atoms with Crippen molar-refractivity contribution in [2.45, 2.75) is 18.8 Å². The van der Waals surface area contributed by atoms with Crippen molar-refractivity contribution >= 4 is 6.09 Å². The number of carbonyl (C=O) groups is 1. The van der Waals surface area contributed by atoms with Gasteiger partial charge in [-0.05, 0) is 51.1 Å². The summed E-state index contributed by atoms with van der Waals surface area (Å²) in [7, 11) is 3.24. The van der Waals surface area contributed by atoms with Crippen LogP contribution in [0.5, 0.6) is 0 Å². The van der Waals surface area contributed by atoms with Gasteiger partial charge in [0.05, 0.1) is 0 Å². The summed E-state index contributed by atoms with van der Waals surface area (Å²) < 4.78 is 16.4. The van der Waals surface area contributed by atoms with Crippen molar-refractivity contribution in [1.82, 2.24) is 5.32 Å². The van der Waals surface area contributed by atoms with Crippen LogP contribution in [0.3, 0.4) is 0 Å². The standard InChI is InChI=1S/C31H29NO4/c1-34-30(35-2)24-12-8-11-23(18-24)22-10-7-9-21(17-22)19-32-31(33)36-20-29-27-15-5-3-13-25(27)26-14-4-6-16-28(26)29/h3-18,29-30H,19-20H2,1-2H3,(H,32,33). The van der Waals surface area contributed by atoms with Crippen molar-refractivity contribution in [3.63, 3.8) is 0 Å². The minimum Gasteiger partial charge on any atom is -0.449 e. The number of methoxy groups -OCH3 is 2. The highest BCUT2D eigenvalue weighted by Gasteiger charge is 2.28. The lowest BCUT2D eigenvalue weighted by molar-refractivity contribution is -0.105. The van der Waals surface area contributed by atoms with Crippen molar-refractivity contribution < 1.29 is 19.0 Å². The second kappa shape index (κ2) is 10.8. The molecule has 0 saturated heterocycles. The number of hydrogen-bond donors (Lipinski definition) is 1. The molecule has 0 bridgehead atoms. The first-order valence-corrected chi connectivity index (χ1v) is 12.0. The molecule has 0 saturated carbocycles. The molecule has 5 heteroatoms. The molecule has 0 aromatic heterocycles. The molecule has 1 N–H and O–H groups in total. The van der Waals surface area contributed by atoms with E-state index in [0.717, 1.165) is 22.3 Å². The Morgan fingerprint density at radius 1 is 0.778 bits per heavy atom. The van der Waals surface area contributed by atoms with Crippen LogP contribution in [0.1, 0.15) is 34.5 Å². The zero-order chi connectivity index (χ0) is 24.9. The predicted molar refractivity (Wildman–Crippen MR) is 141 cm³/mol. The van der Waals surface area contributed by atoms with Crippen molar-refractivity contribution in [1.29, 1.82) is 0 Å². The van der Waals surface area contributed by atoms with Crippen LogP contribution in [0.4, 0.5) is 4.79 Å². The first kappa shape index (κ1) is 23.8. The maximum atomic E-state index is 12.6. The van der Waals surface area contributed by atoms with Gasteiger partial charge in [0, 0.05) is 32.2 Å². The van der Waals surface area contributed by atoms with Gasteiger partial charge in [-0.1, -0.05) is 84.9 Å². The van der Waals surface area contributed by atoms with E-state index in [1.54, 1.807) is 14.2 Å². The molecule has 0 unspecified atom stereocenters. The van der Waals surface area contributed by atoms with E-state index in [9.17, 15) is 4.79 Å². The van der Waals surface area contributed by atoms with Crippen molar-refractivity contribution in [3.8, 4) is 22.3 Å². The van der Waals surface area contributed by atoms with Gasteiger partial charge in [0.2, 0.25) is 0 Å². The lowest BCUT2D eigenvalue weighted by atomic mass is 9.98. The monoisotopic (exact) mass is 479 g/mol. The lowest BCUT2D eigenvalue weighted by Crippen LogP contribution is -2.25. The van der Waals surface area contributed by atoms with E-state index >= 15 is 0 Å². The van der Waals surface area contributed by atoms with Gasteiger partial charge >= 0.3 is 6.09 Å². The van der Waals surface area contributed by atoms with Crippen LogP contribution < -0.4 is 5.32 Å². The fraction of sp³-hybridized carbons (Fsp3) is 0.194. The highest BCUT2D eigenvalue weighted by Crippen LogP contribution is 2.44. The van der Waals surface area contributed by atoms with E-state index < -0.39 is 12.4 Å². The minimum absolute atomic E-state index is 0.0433. The van der Waals surface area contributed by atoms with E-state index in [1.165, 1.54) is 22.3 Å². The van der Waals surface area contributed by atoms with E-state index in [4.69, 9.17) is 14.2 Å². The topological polar surface area (TPSA) is 56.8 Å². The normalized spacial score (nSPS) is 12.3. The molecule has 0 atom stereocenters. The van der Waals surface area contributed by atoms with E-state index in [-0.39, 0.29) is 5.92 Å². The molecule has 4 aromatic carbocycles. The van der Waals surface area contributed by atoms with Crippen LogP contribution in [0, 0.1) is 0 Å². The maximum absolute atomic E-state index is 12.6. The molecule has 1 aliphatic carbocycles. The van der Waals surface area contributed by atoms with Crippen molar-refractivity contribution in [2.75, 3.05) is 20.8 Å². The lowest BCUT2D eigenvalue weighted by Gasteiger charge is -2.15. The molecular formula is C31H29NO4. The van der Waals surface area contributed by atoms with E-state index in [1.807, 2.05) is 60.7 Å². The molecule has 0 heterocycles. The number of amides is 1. The van der Waals surface area contributed by atoms with Crippen LogP contribution in [0.2, 0.25) is 0 Å². The smallest absolute Gasteiger partial charge is 0.407 e. The Morgan fingerprint density at radius 2 is 1.39 bits per heavy atom. The third-order valence-electron chi connectivity index (χ3n) is 6.63. The molecule has 0 fully saturated rings. The molecule has 1 aliphatic rings. The summed E-state index contributed by atoms with van der Waals surface area (Å²) in [5.74, 6) is 0.0433. The summed E-state index contributed by atoms with van der Waals surface area (Å²) in [6.07, 6.45) is -0.837. The SMILES string of the molecule is COC(OC)c1cccc(-c2cccc(CNC(=O)OCC3c4ccccc4-c4ccccc43)c2)c1. The second-order valence-corrected chi connectivity index (χ2v) is 8.81. The summed E-state index contributed by atoms with van der Waals surface area (Å²) in [5, 5.41) is 2.90. The molecule has 0 spiro atoms. The summed E-state index contributed by atoms with van der Waals surface area (Å²) in [5.41, 5.74) is 8.86. The molecule has 5 rings (SSSR count). The fourth-order valence-electron chi connectivity index (χ4n) is 4.92. The number of rotatable bonds is 8. The number of ether oxygens (including phenoxy) is 3. The number of alkyl carbamates (subject to hydrolysis) is 1. The molecule has 1 amide bonds. The highest BCUT2D eigenvalue weighted by atomic mass is 16.7. The average molecular weight is 480 g/mol. The molecule has 0 aliphatic heterocycles. The van der Waals surface area contributed by atoms with Crippen LogP contribution in [0.15, 0.2) is 97.1 Å². The number of fused-ring (bicyclic) bond motifs is 3. The van der Waals surface area contributed by atoms with Crippen LogP contribution >= 0.6 is 0 Å². The van der Waals surface area contributed by atoms with Crippen LogP contribution in [-0.4, -0.2) is 26.9 Å². The Balaban J connectivity index is 1.22. The Labute approximate surface area is 211 Å². The Morgan fingerprint density at radius 3 is 2.06 bits per heavy atom. The van der Waals surface area contributed by atoms with E-state index in [2.05, 4.69) is 41.7 Å². The van der Waals surface area contributed by atoms with Gasteiger partial charge in [-0.15, -0.1) is 0 Å². The quantitative estimate of drug-likeness (QED) is 0.286. The van der Waals surface area contributed by atoms with Gasteiger partial charge in [-0.25, -0.2) is 4.79 Å². The van der Waals surface area contributed by atoms with Gasteiger partial charge in [0.25, 0.3) is 0 Å². The average Bonchev–Trinajstić information content (AvgIpc) is 3.25. The van der Waals surface area contributed by atoms with Gasteiger partial charge in [0.1, 0.15) is 6.61 Å². The predicted octanol–water partition coefficient (Wildman–Crippen LogP) is 6.68. The third-order valence-corrected chi connectivity index (χ3v) is 6.63. The molecule has 36 heavy (non-hydrogen) atoms. The van der Waals surface area contributed by atoms with Crippen molar-refractivity contribution in [2.24, 2.45) is 0 Å². The zero-order valence-corrected chi connectivity index (χ0v) is 20.4. The van der Waals surface area contributed by atoms with Gasteiger partial charge in [-0.2, -0.15) is 0 Å². The first-order chi connectivity index (χ1) is 17.7. The highest BCUT2D eigenvalue weighted by molar-refractivity contribution is 5.79. The number of hydrogen-bond acceptors (Lipinski definition) is 4. The van der Waals surface area contributed by atoms with Gasteiger partial charge in [-0.3, -0.25) is 0 Å². The Hall–Kier alpha value is -3.93. The number of carbonyl (C=O) groups excluding carboxylic acids is 1. The summed E-state index contributed by atoms with van der Waals surface area (Å²) >= 11 is 0. The maximum Gasteiger partial charge on any atom is 0.407 e. The largest absolute Gasteiger partial charge is 0.449 e. The minimum atomic E-state index is -0.424. The number of benzene rings is 4. The first-order valence-electron chi connectivity index (χ1n) is 12.0. The molecule has 182 valence electrons. The number of nitrogens with one attached hydrogen (secondary N) is 1. The van der Waals surface area contributed by atoms with Crippen LogP contribution in [0.25, 0.3) is 22.3 Å². The Bertz CT molecular complexity index is 1320. The molecule has 4 aromatic rings.